The normalized spacial score (nSPS) is 11.3. The highest BCUT2D eigenvalue weighted by Crippen LogP contribution is 2.25. The summed E-state index contributed by atoms with van der Waals surface area (Å²) < 4.78 is 5.60. The molecule has 22 heavy (non-hydrogen) atoms. The van der Waals surface area contributed by atoms with Crippen LogP contribution >= 0.6 is 11.8 Å². The van der Waals surface area contributed by atoms with Crippen LogP contribution in [-0.2, 0) is 4.79 Å². The smallest absolute Gasteiger partial charge is 0.265 e. The molecule has 0 aromatic heterocycles. The number of nitrogens with one attached hydrogen (secondary N) is 1. The second-order valence-electron chi connectivity index (χ2n) is 4.56. The number of rotatable bonds is 5. The number of para-hydroxylation sites is 2. The largest absolute Gasteiger partial charge is 0.480 e. The first-order valence-corrected chi connectivity index (χ1v) is 7.98. The maximum atomic E-state index is 12.3. The molecule has 2 rings (SSSR count). The average molecular weight is 312 g/mol. The maximum absolute atomic E-state index is 12.3. The summed E-state index contributed by atoms with van der Waals surface area (Å²) in [4.78, 5) is 13.2. The average Bonchev–Trinajstić information content (AvgIpc) is 2.55. The summed E-state index contributed by atoms with van der Waals surface area (Å²) in [6, 6.07) is 16.5. The molecule has 1 unspecified atom stereocenters. The zero-order valence-electron chi connectivity index (χ0n) is 12.4. The molecule has 0 heterocycles. The summed E-state index contributed by atoms with van der Waals surface area (Å²) in [5, 5.41) is 11.9. The molecule has 1 atom stereocenters. The van der Waals surface area contributed by atoms with E-state index in [1.165, 1.54) is 0 Å². The Morgan fingerprint density at radius 3 is 2.64 bits per heavy atom. The van der Waals surface area contributed by atoms with E-state index in [0.29, 0.717) is 11.3 Å². The monoisotopic (exact) mass is 312 g/mol. The molecule has 0 aliphatic carbocycles. The fraction of sp³-hybridized carbons (Fsp3) is 0.176. The summed E-state index contributed by atoms with van der Waals surface area (Å²) in [6.07, 6.45) is 1.25. The van der Waals surface area contributed by atoms with Crippen LogP contribution in [0.15, 0.2) is 53.4 Å². The van der Waals surface area contributed by atoms with Gasteiger partial charge in [0, 0.05) is 4.90 Å². The van der Waals surface area contributed by atoms with Gasteiger partial charge in [-0.2, -0.15) is 5.26 Å². The minimum atomic E-state index is -0.704. The van der Waals surface area contributed by atoms with Crippen LogP contribution in [0.2, 0.25) is 0 Å². The Morgan fingerprint density at radius 2 is 1.91 bits per heavy atom. The van der Waals surface area contributed by atoms with Gasteiger partial charge < -0.3 is 10.1 Å². The first-order chi connectivity index (χ1) is 10.7. The van der Waals surface area contributed by atoms with Crippen LogP contribution in [0.4, 0.5) is 5.69 Å². The van der Waals surface area contributed by atoms with E-state index >= 15 is 0 Å². The lowest BCUT2D eigenvalue weighted by Gasteiger charge is -2.16. The van der Waals surface area contributed by atoms with Gasteiger partial charge >= 0.3 is 0 Å². The van der Waals surface area contributed by atoms with E-state index in [1.54, 1.807) is 43.0 Å². The molecule has 0 spiro atoms. The van der Waals surface area contributed by atoms with Gasteiger partial charge in [-0.25, -0.2) is 0 Å². The fourth-order valence-electron chi connectivity index (χ4n) is 1.89. The third-order valence-electron chi connectivity index (χ3n) is 3.05. The van der Waals surface area contributed by atoms with E-state index < -0.39 is 6.10 Å². The minimum absolute atomic E-state index is 0.255. The quantitative estimate of drug-likeness (QED) is 0.855. The van der Waals surface area contributed by atoms with Crippen molar-refractivity contribution in [3.63, 3.8) is 0 Å². The number of amides is 1. The van der Waals surface area contributed by atoms with E-state index in [-0.39, 0.29) is 5.91 Å². The third-order valence-corrected chi connectivity index (χ3v) is 3.84. The van der Waals surface area contributed by atoms with Crippen molar-refractivity contribution in [2.45, 2.75) is 17.9 Å². The number of anilines is 1. The van der Waals surface area contributed by atoms with Crippen molar-refractivity contribution >= 4 is 23.4 Å². The number of hydrogen-bond donors (Lipinski definition) is 1. The van der Waals surface area contributed by atoms with Gasteiger partial charge in [0.2, 0.25) is 0 Å². The van der Waals surface area contributed by atoms with Crippen molar-refractivity contribution in [2.24, 2.45) is 0 Å². The second-order valence-corrected chi connectivity index (χ2v) is 5.41. The first-order valence-electron chi connectivity index (χ1n) is 6.75. The van der Waals surface area contributed by atoms with Crippen LogP contribution in [0.3, 0.4) is 0 Å². The summed E-state index contributed by atoms with van der Waals surface area (Å²) in [5.41, 5.74) is 1.16. The van der Waals surface area contributed by atoms with E-state index in [2.05, 4.69) is 5.32 Å². The van der Waals surface area contributed by atoms with Gasteiger partial charge in [-0.15, -0.1) is 11.8 Å². The van der Waals surface area contributed by atoms with Crippen molar-refractivity contribution < 1.29 is 9.53 Å². The number of benzene rings is 2. The Balaban J connectivity index is 2.08. The fourth-order valence-corrected chi connectivity index (χ4v) is 2.44. The molecule has 2 aromatic carbocycles. The molecule has 0 bridgehead atoms. The highest BCUT2D eigenvalue weighted by atomic mass is 32.2. The van der Waals surface area contributed by atoms with Gasteiger partial charge in [0.25, 0.3) is 5.91 Å². The van der Waals surface area contributed by atoms with Gasteiger partial charge in [-0.05, 0) is 37.4 Å². The molecule has 2 aromatic rings. The van der Waals surface area contributed by atoms with Crippen molar-refractivity contribution in [1.29, 1.82) is 5.26 Å². The number of carbonyl (C=O) groups is 1. The molecule has 0 saturated heterocycles. The lowest BCUT2D eigenvalue weighted by atomic mass is 10.2. The predicted octanol–water partition coefficient (Wildman–Crippen LogP) is 3.69. The number of thioether (sulfide) groups is 1. The van der Waals surface area contributed by atoms with Crippen LogP contribution in [-0.4, -0.2) is 18.3 Å². The van der Waals surface area contributed by atoms with Gasteiger partial charge in [-0.3, -0.25) is 4.79 Å². The van der Waals surface area contributed by atoms with E-state index in [0.717, 1.165) is 10.6 Å². The second kappa shape index (κ2) is 7.53. The zero-order valence-corrected chi connectivity index (χ0v) is 13.2. The van der Waals surface area contributed by atoms with Crippen LogP contribution in [0.25, 0.3) is 0 Å². The third kappa shape index (κ3) is 3.80. The lowest BCUT2D eigenvalue weighted by Crippen LogP contribution is -2.30. The van der Waals surface area contributed by atoms with Gasteiger partial charge in [-0.1, -0.05) is 24.3 Å². The predicted molar refractivity (Wildman–Crippen MR) is 88.1 cm³/mol. The highest BCUT2D eigenvalue weighted by molar-refractivity contribution is 7.98. The molecule has 1 N–H and O–H groups in total. The minimum Gasteiger partial charge on any atom is -0.480 e. The van der Waals surface area contributed by atoms with Crippen molar-refractivity contribution in [1.82, 2.24) is 0 Å². The molecule has 112 valence electrons. The van der Waals surface area contributed by atoms with Crippen molar-refractivity contribution in [2.75, 3.05) is 11.6 Å². The van der Waals surface area contributed by atoms with Gasteiger partial charge in [0.15, 0.2) is 6.10 Å². The lowest BCUT2D eigenvalue weighted by molar-refractivity contribution is -0.122. The topological polar surface area (TPSA) is 62.1 Å². The Morgan fingerprint density at radius 1 is 1.23 bits per heavy atom. The van der Waals surface area contributed by atoms with Gasteiger partial charge in [0.1, 0.15) is 11.8 Å². The summed E-state index contributed by atoms with van der Waals surface area (Å²) in [5.74, 6) is 0.153. The number of hydrogen-bond acceptors (Lipinski definition) is 4. The van der Waals surface area contributed by atoms with Crippen LogP contribution in [0.5, 0.6) is 5.75 Å². The molecule has 0 fully saturated rings. The summed E-state index contributed by atoms with van der Waals surface area (Å²) >= 11 is 1.56. The highest BCUT2D eigenvalue weighted by Gasteiger charge is 2.17. The molecule has 1 amide bonds. The molecule has 4 nitrogen and oxygen atoms in total. The summed E-state index contributed by atoms with van der Waals surface area (Å²) in [7, 11) is 0. The van der Waals surface area contributed by atoms with E-state index in [1.807, 2.05) is 36.6 Å². The van der Waals surface area contributed by atoms with Crippen molar-refractivity contribution in [3.8, 4) is 11.8 Å². The Hall–Kier alpha value is -2.45. The SMILES string of the molecule is CSc1ccccc1NC(=O)C(C)Oc1ccccc1C#N. The Kier molecular flexibility index (Phi) is 5.45. The standard InChI is InChI=1S/C17H16N2O2S/c1-12(21-15-9-5-3-7-13(15)11-18)17(20)19-14-8-4-6-10-16(14)22-2/h3-10,12H,1-2H3,(H,19,20). The van der Waals surface area contributed by atoms with Crippen LogP contribution in [0.1, 0.15) is 12.5 Å². The first kappa shape index (κ1) is 15.9. The number of nitrogens with zero attached hydrogens (tertiary/aromatic N) is 1. The van der Waals surface area contributed by atoms with Crippen LogP contribution in [0, 0.1) is 11.3 Å². The summed E-state index contributed by atoms with van der Waals surface area (Å²) in [6.45, 7) is 1.66. The molecule has 0 radical (unpaired) electrons. The molecule has 0 aliphatic heterocycles. The number of nitriles is 1. The molecule has 5 heteroatoms. The van der Waals surface area contributed by atoms with E-state index in [9.17, 15) is 4.79 Å². The zero-order chi connectivity index (χ0) is 15.9. The molecule has 0 aliphatic rings. The molecule has 0 saturated carbocycles. The molecular weight excluding hydrogens is 296 g/mol. The van der Waals surface area contributed by atoms with Crippen molar-refractivity contribution in [3.05, 3.63) is 54.1 Å². The Labute approximate surface area is 134 Å². The van der Waals surface area contributed by atoms with Gasteiger partial charge in [0.05, 0.1) is 11.3 Å². The van der Waals surface area contributed by atoms with Crippen LogP contribution < -0.4 is 10.1 Å². The van der Waals surface area contributed by atoms with E-state index in [4.69, 9.17) is 10.00 Å². The number of carbonyl (C=O) groups excluding carboxylic acids is 1. The number of ether oxygens (including phenoxy) is 1. The Bertz CT molecular complexity index is 710. The maximum Gasteiger partial charge on any atom is 0.265 e. The molecular formula is C17H16N2O2S.